The predicted molar refractivity (Wildman–Crippen MR) is 118 cm³/mol. The number of Topliss-reactive ketones (excluding diaryl/α,β-unsaturated/α-hetero) is 1. The number of carbonyl (C=O) groups excluding carboxylic acids is 5. The first-order chi connectivity index (χ1) is 15.8. The smallest absolute Gasteiger partial charge is 0.411 e. The highest BCUT2D eigenvalue weighted by Crippen LogP contribution is 2.26. The van der Waals surface area contributed by atoms with Crippen LogP contribution in [-0.2, 0) is 19.1 Å². The van der Waals surface area contributed by atoms with Crippen molar-refractivity contribution in [2.75, 3.05) is 11.9 Å². The molecule has 176 valence electrons. The van der Waals surface area contributed by atoms with Gasteiger partial charge in [0.25, 0.3) is 11.8 Å². The molecule has 0 aromatic heterocycles. The quantitative estimate of drug-likeness (QED) is 0.398. The van der Waals surface area contributed by atoms with Crippen LogP contribution in [0.2, 0.25) is 5.02 Å². The highest BCUT2D eigenvalue weighted by molar-refractivity contribution is 6.38. The second kappa shape index (κ2) is 9.78. The number of hydrogen-bond acceptors (Lipinski definition) is 6. The summed E-state index contributed by atoms with van der Waals surface area (Å²) in [5, 5.41) is 10.6. The van der Waals surface area contributed by atoms with E-state index in [-0.39, 0.29) is 40.7 Å². The van der Waals surface area contributed by atoms with Crippen LogP contribution in [0, 0.1) is 5.92 Å². The Morgan fingerprint density at radius 3 is 2.52 bits per heavy atom. The van der Waals surface area contributed by atoms with Gasteiger partial charge in [-0.25, -0.2) is 4.79 Å². The van der Waals surface area contributed by atoms with Crippen LogP contribution in [-0.4, -0.2) is 54.3 Å². The Hall–Kier alpha value is -3.14. The Morgan fingerprint density at radius 1 is 1.12 bits per heavy atom. The zero-order chi connectivity index (χ0) is 23.5. The molecule has 3 aliphatic rings. The molecule has 2 atom stereocenters. The Bertz CT molecular complexity index is 991. The molecule has 3 fully saturated rings. The van der Waals surface area contributed by atoms with E-state index in [1.165, 1.54) is 18.2 Å². The number of hydrogen-bond donors (Lipinski definition) is 4. The highest BCUT2D eigenvalue weighted by atomic mass is 35.5. The summed E-state index contributed by atoms with van der Waals surface area (Å²) in [5.41, 5.74) is 0.154. The minimum Gasteiger partial charge on any atom is -0.446 e. The molecular formula is C22H25ClN4O6. The molecule has 1 aliphatic heterocycles. The number of nitrogens with one attached hydrogen (secondary N) is 4. The number of ether oxygens (including phenoxy) is 1. The van der Waals surface area contributed by atoms with Crippen molar-refractivity contribution in [3.05, 3.63) is 28.8 Å². The lowest BCUT2D eigenvalue weighted by molar-refractivity contribution is -0.139. The lowest BCUT2D eigenvalue weighted by Gasteiger charge is -2.20. The van der Waals surface area contributed by atoms with Crippen LogP contribution < -0.4 is 21.3 Å². The van der Waals surface area contributed by atoms with E-state index in [0.29, 0.717) is 13.0 Å². The van der Waals surface area contributed by atoms with Gasteiger partial charge in [0, 0.05) is 23.5 Å². The lowest BCUT2D eigenvalue weighted by atomic mass is 9.95. The van der Waals surface area contributed by atoms with Crippen molar-refractivity contribution < 1.29 is 28.7 Å². The van der Waals surface area contributed by atoms with Gasteiger partial charge in [-0.3, -0.25) is 24.5 Å². The van der Waals surface area contributed by atoms with E-state index in [1.54, 1.807) is 0 Å². The van der Waals surface area contributed by atoms with Gasteiger partial charge in [0.05, 0.1) is 17.3 Å². The first-order valence-electron chi connectivity index (χ1n) is 11.0. The van der Waals surface area contributed by atoms with E-state index in [9.17, 15) is 24.0 Å². The molecule has 33 heavy (non-hydrogen) atoms. The molecule has 2 aliphatic carbocycles. The van der Waals surface area contributed by atoms with E-state index < -0.39 is 35.7 Å². The van der Waals surface area contributed by atoms with Gasteiger partial charge in [-0.1, -0.05) is 11.6 Å². The van der Waals surface area contributed by atoms with Gasteiger partial charge in [0.15, 0.2) is 0 Å². The lowest BCUT2D eigenvalue weighted by Crippen LogP contribution is -2.49. The number of carbonyl (C=O) groups is 5. The fraction of sp³-hybridized carbons (Fsp3) is 0.500. The van der Waals surface area contributed by atoms with Gasteiger partial charge in [0.2, 0.25) is 11.7 Å². The third kappa shape index (κ3) is 6.22. The third-order valence-corrected chi connectivity index (χ3v) is 5.94. The Morgan fingerprint density at radius 2 is 1.88 bits per heavy atom. The second-order valence-corrected chi connectivity index (χ2v) is 9.01. The summed E-state index contributed by atoms with van der Waals surface area (Å²) in [5.74, 6) is -3.05. The number of halogens is 1. The van der Waals surface area contributed by atoms with E-state index in [0.717, 1.165) is 25.7 Å². The molecule has 0 bridgehead atoms. The Balaban J connectivity index is 1.50. The maximum atomic E-state index is 13.1. The zero-order valence-electron chi connectivity index (χ0n) is 17.8. The second-order valence-electron chi connectivity index (χ2n) is 8.57. The first kappa shape index (κ1) is 23.0. The zero-order valence-corrected chi connectivity index (χ0v) is 18.6. The summed E-state index contributed by atoms with van der Waals surface area (Å²) in [6.07, 6.45) is 2.85. The summed E-state index contributed by atoms with van der Waals surface area (Å²) in [6.45, 7) is 0.470. The average Bonchev–Trinajstić information content (AvgIpc) is 3.70. The molecule has 2 saturated carbocycles. The van der Waals surface area contributed by atoms with Crippen molar-refractivity contribution in [2.24, 2.45) is 5.92 Å². The van der Waals surface area contributed by atoms with Crippen LogP contribution >= 0.6 is 11.6 Å². The molecule has 1 unspecified atom stereocenters. The summed E-state index contributed by atoms with van der Waals surface area (Å²) < 4.78 is 5.16. The number of ketones is 1. The molecule has 1 aromatic rings. The van der Waals surface area contributed by atoms with Crippen molar-refractivity contribution in [1.29, 1.82) is 0 Å². The van der Waals surface area contributed by atoms with Crippen LogP contribution in [0.4, 0.5) is 10.5 Å². The number of benzene rings is 1. The largest absolute Gasteiger partial charge is 0.446 e. The molecular weight excluding hydrogens is 452 g/mol. The molecule has 4 amide bonds. The Labute approximate surface area is 195 Å². The molecule has 4 N–H and O–H groups in total. The van der Waals surface area contributed by atoms with E-state index >= 15 is 0 Å². The standard InChI is InChI=1S/C22H25ClN4O6/c23-12-1-6-16(27-22(32)33-14-4-5-14)15(10-12)20(30)26-17(9-11-7-8-24-19(11)29)18(28)21(31)25-13-2-3-13/h1,6,10-11,13-14,17H,2-5,7-9H2,(H,24,29)(H,25,31)(H,26,30)(H,27,32)/t11-,17?/m0/s1. The molecule has 0 radical (unpaired) electrons. The van der Waals surface area contributed by atoms with E-state index in [2.05, 4.69) is 21.3 Å². The minimum absolute atomic E-state index is 0.00604. The van der Waals surface area contributed by atoms with Crippen molar-refractivity contribution in [2.45, 2.75) is 56.7 Å². The first-order valence-corrected chi connectivity index (χ1v) is 11.4. The summed E-state index contributed by atoms with van der Waals surface area (Å²) >= 11 is 6.05. The molecule has 4 rings (SSSR count). The van der Waals surface area contributed by atoms with Crippen LogP contribution in [0.15, 0.2) is 18.2 Å². The topological polar surface area (TPSA) is 143 Å². The molecule has 10 nitrogen and oxygen atoms in total. The monoisotopic (exact) mass is 476 g/mol. The van der Waals surface area contributed by atoms with Crippen molar-refractivity contribution in [1.82, 2.24) is 16.0 Å². The molecule has 1 heterocycles. The highest BCUT2D eigenvalue weighted by Gasteiger charge is 2.36. The number of amides is 4. The predicted octanol–water partition coefficient (Wildman–Crippen LogP) is 1.52. The van der Waals surface area contributed by atoms with Crippen molar-refractivity contribution in [3.63, 3.8) is 0 Å². The van der Waals surface area contributed by atoms with Crippen molar-refractivity contribution in [3.8, 4) is 0 Å². The summed E-state index contributed by atoms with van der Waals surface area (Å²) in [7, 11) is 0. The van der Waals surface area contributed by atoms with Gasteiger partial charge in [-0.15, -0.1) is 0 Å². The van der Waals surface area contributed by atoms with Gasteiger partial charge < -0.3 is 20.7 Å². The van der Waals surface area contributed by atoms with Crippen LogP contribution in [0.1, 0.15) is 48.9 Å². The van der Waals surface area contributed by atoms with Gasteiger partial charge in [0.1, 0.15) is 6.10 Å². The van der Waals surface area contributed by atoms with Gasteiger partial charge in [-0.2, -0.15) is 0 Å². The molecule has 1 aromatic carbocycles. The van der Waals surface area contributed by atoms with Gasteiger partial charge in [-0.05, 0) is 56.7 Å². The third-order valence-electron chi connectivity index (χ3n) is 5.70. The van der Waals surface area contributed by atoms with Crippen LogP contribution in [0.25, 0.3) is 0 Å². The molecule has 0 spiro atoms. The fourth-order valence-electron chi connectivity index (χ4n) is 3.55. The Kier molecular flexibility index (Phi) is 6.83. The van der Waals surface area contributed by atoms with Crippen LogP contribution in [0.3, 0.4) is 0 Å². The summed E-state index contributed by atoms with van der Waals surface area (Å²) in [6, 6.07) is 3.05. The van der Waals surface area contributed by atoms with Gasteiger partial charge >= 0.3 is 6.09 Å². The van der Waals surface area contributed by atoms with Crippen LogP contribution in [0.5, 0.6) is 0 Å². The van der Waals surface area contributed by atoms with Crippen molar-refractivity contribution >= 4 is 46.9 Å². The summed E-state index contributed by atoms with van der Waals surface area (Å²) in [4.78, 5) is 62.5. The average molecular weight is 477 g/mol. The van der Waals surface area contributed by atoms with E-state index in [1.807, 2.05) is 0 Å². The molecule has 11 heteroatoms. The normalized spacial score (nSPS) is 20.4. The number of rotatable bonds is 9. The minimum atomic E-state index is -1.21. The molecule has 1 saturated heterocycles. The SMILES string of the molecule is O=C(Nc1ccc(Cl)cc1C(=O)NC(C[C@@H]1CCNC1=O)C(=O)C(=O)NC1CC1)OC1CC1. The van der Waals surface area contributed by atoms with E-state index in [4.69, 9.17) is 16.3 Å². The maximum Gasteiger partial charge on any atom is 0.411 e. The maximum absolute atomic E-state index is 13.1. The fourth-order valence-corrected chi connectivity index (χ4v) is 3.73. The number of anilines is 1.